The molecule has 40 heavy (non-hydrogen) atoms. The molecule has 1 fully saturated rings. The number of H-pyrrole nitrogens is 1. The van der Waals surface area contributed by atoms with Crippen molar-refractivity contribution in [2.75, 3.05) is 26.2 Å². The number of para-hydroxylation sites is 1. The molecule has 3 aromatic rings. The molecule has 13 heteroatoms. The average molecular weight is 591 g/mol. The normalized spacial score (nSPS) is 16.6. The van der Waals surface area contributed by atoms with Gasteiger partial charge >= 0.3 is 12.4 Å². The molecular weight excluding hydrogens is 562 g/mol. The summed E-state index contributed by atoms with van der Waals surface area (Å²) in [5, 5.41) is 0.918. The largest absolute Gasteiger partial charge is 0.416 e. The molecular formula is C27H29ClF6N4O2. The number of benzene rings is 2. The zero-order valence-electron chi connectivity index (χ0n) is 21.3. The number of alkyl halides is 6. The lowest BCUT2D eigenvalue weighted by atomic mass is 9.98. The maximum absolute atomic E-state index is 13.5. The zero-order chi connectivity index (χ0) is 28.4. The number of aromatic nitrogens is 1. The standard InChI is InChI=1S/C27H28F6N4O2.ClH/c28-26(29,30)19-11-17(12-20(14-19)27(31,32)33)25(39)37-10-9-36(8-4-3-7-24(34)38)16-21(37)13-18-15-35-23-6-2-1-5-22(18)23;/h1-2,5-6,11-12,14-15,21,35H,3-4,7-10,13,16H2,(H2,34,38);1H/t21-;/m1./s1. The minimum Gasteiger partial charge on any atom is -0.370 e. The highest BCUT2D eigenvalue weighted by molar-refractivity contribution is 5.95. The minimum atomic E-state index is -5.05. The summed E-state index contributed by atoms with van der Waals surface area (Å²) >= 11 is 0. The summed E-state index contributed by atoms with van der Waals surface area (Å²) in [5.41, 5.74) is 3.24. The van der Waals surface area contributed by atoms with E-state index >= 15 is 0 Å². The molecule has 0 saturated carbocycles. The topological polar surface area (TPSA) is 82.4 Å². The molecule has 4 rings (SSSR count). The predicted octanol–water partition coefficient (Wildman–Crippen LogP) is 5.65. The van der Waals surface area contributed by atoms with Crippen molar-refractivity contribution in [1.29, 1.82) is 0 Å². The Labute approximate surface area is 232 Å². The smallest absolute Gasteiger partial charge is 0.370 e. The summed E-state index contributed by atoms with van der Waals surface area (Å²) in [4.78, 5) is 31.2. The van der Waals surface area contributed by atoms with Crippen LogP contribution in [0.1, 0.15) is 46.3 Å². The summed E-state index contributed by atoms with van der Waals surface area (Å²) < 4.78 is 80.6. The summed E-state index contributed by atoms with van der Waals surface area (Å²) in [5.74, 6) is -1.29. The second kappa shape index (κ2) is 12.5. The molecule has 2 amide bonds. The van der Waals surface area contributed by atoms with Crippen LogP contribution in [0.3, 0.4) is 0 Å². The molecule has 1 aliphatic heterocycles. The van der Waals surface area contributed by atoms with Crippen LogP contribution in [0.4, 0.5) is 26.3 Å². The third kappa shape index (κ3) is 7.48. The van der Waals surface area contributed by atoms with E-state index in [1.807, 2.05) is 24.3 Å². The van der Waals surface area contributed by atoms with Gasteiger partial charge in [-0.2, -0.15) is 26.3 Å². The Morgan fingerprint density at radius 1 is 0.950 bits per heavy atom. The molecule has 2 heterocycles. The molecule has 0 bridgehead atoms. The molecule has 1 atom stereocenters. The number of nitrogens with one attached hydrogen (secondary N) is 1. The summed E-state index contributed by atoms with van der Waals surface area (Å²) in [6.45, 7) is 1.49. The number of rotatable bonds is 8. The van der Waals surface area contributed by atoms with Gasteiger partial charge in [-0.05, 0) is 55.6 Å². The molecule has 6 nitrogen and oxygen atoms in total. The van der Waals surface area contributed by atoms with E-state index in [-0.39, 0.29) is 31.4 Å². The van der Waals surface area contributed by atoms with E-state index < -0.39 is 46.9 Å². The Morgan fingerprint density at radius 3 is 2.23 bits per heavy atom. The number of hydrogen-bond donors (Lipinski definition) is 2. The fourth-order valence-electron chi connectivity index (χ4n) is 5.00. The van der Waals surface area contributed by atoms with E-state index in [1.54, 1.807) is 6.20 Å². The van der Waals surface area contributed by atoms with E-state index in [4.69, 9.17) is 5.73 Å². The number of nitrogens with two attached hydrogens (primary N) is 1. The van der Waals surface area contributed by atoms with Crippen molar-refractivity contribution in [3.63, 3.8) is 0 Å². The van der Waals surface area contributed by atoms with Crippen LogP contribution in [0.15, 0.2) is 48.7 Å². The molecule has 0 radical (unpaired) electrons. The van der Waals surface area contributed by atoms with Gasteiger partial charge in [-0.1, -0.05) is 18.2 Å². The van der Waals surface area contributed by atoms with Crippen LogP contribution < -0.4 is 5.73 Å². The van der Waals surface area contributed by atoms with Gasteiger partial charge in [-0.3, -0.25) is 14.5 Å². The Kier molecular flexibility index (Phi) is 9.78. The SMILES string of the molecule is Cl.NC(=O)CCCCN1CCN(C(=O)c2cc(C(F)(F)F)cc(C(F)(F)F)c2)[C@H](Cc2c[nH]c3ccccc23)C1. The highest BCUT2D eigenvalue weighted by atomic mass is 35.5. The third-order valence-electron chi connectivity index (χ3n) is 6.94. The lowest BCUT2D eigenvalue weighted by Crippen LogP contribution is -2.56. The minimum absolute atomic E-state index is 0. The Balaban J connectivity index is 0.00000441. The Morgan fingerprint density at radius 2 is 1.60 bits per heavy atom. The number of aromatic amines is 1. The first-order valence-electron chi connectivity index (χ1n) is 12.5. The van der Waals surface area contributed by atoms with Crippen LogP contribution in [0.5, 0.6) is 0 Å². The van der Waals surface area contributed by atoms with Crippen LogP contribution >= 0.6 is 12.4 Å². The second-order valence-electron chi connectivity index (χ2n) is 9.73. The number of primary amides is 1. The molecule has 1 aliphatic rings. The van der Waals surface area contributed by atoms with Crippen molar-refractivity contribution in [3.05, 3.63) is 70.9 Å². The van der Waals surface area contributed by atoms with Crippen molar-refractivity contribution in [2.24, 2.45) is 5.73 Å². The van der Waals surface area contributed by atoms with Gasteiger partial charge in [0, 0.05) is 54.8 Å². The monoisotopic (exact) mass is 590 g/mol. The van der Waals surface area contributed by atoms with Gasteiger partial charge in [0.05, 0.1) is 11.1 Å². The molecule has 1 aromatic heterocycles. The van der Waals surface area contributed by atoms with Crippen molar-refractivity contribution in [2.45, 2.75) is 44.1 Å². The average Bonchev–Trinajstić information content (AvgIpc) is 3.28. The van der Waals surface area contributed by atoms with Gasteiger partial charge in [0.25, 0.3) is 5.91 Å². The Hall–Kier alpha value is -3.25. The highest BCUT2D eigenvalue weighted by Gasteiger charge is 2.39. The molecule has 218 valence electrons. The summed E-state index contributed by atoms with van der Waals surface area (Å²) in [6, 6.07) is 7.98. The molecule has 3 N–H and O–H groups in total. The van der Waals surface area contributed by atoms with E-state index in [2.05, 4.69) is 9.88 Å². The molecule has 2 aromatic carbocycles. The first kappa shape index (κ1) is 31.3. The summed E-state index contributed by atoms with van der Waals surface area (Å²) in [7, 11) is 0. The van der Waals surface area contributed by atoms with Crippen LogP contribution in [-0.4, -0.2) is 58.8 Å². The number of hydrogen-bond acceptors (Lipinski definition) is 3. The quantitative estimate of drug-likeness (QED) is 0.263. The first-order valence-corrected chi connectivity index (χ1v) is 12.5. The van der Waals surface area contributed by atoms with Gasteiger partial charge in [0.15, 0.2) is 0 Å². The van der Waals surface area contributed by atoms with E-state index in [9.17, 15) is 35.9 Å². The van der Waals surface area contributed by atoms with E-state index in [0.29, 0.717) is 51.0 Å². The number of carbonyl (C=O) groups excluding carboxylic acids is 2. The van der Waals surface area contributed by atoms with Gasteiger partial charge in [-0.25, -0.2) is 0 Å². The van der Waals surface area contributed by atoms with Crippen molar-refractivity contribution in [3.8, 4) is 0 Å². The van der Waals surface area contributed by atoms with Crippen LogP contribution in [-0.2, 0) is 23.6 Å². The molecule has 0 spiro atoms. The lowest BCUT2D eigenvalue weighted by Gasteiger charge is -2.42. The van der Waals surface area contributed by atoms with Crippen molar-refractivity contribution >= 4 is 35.1 Å². The van der Waals surface area contributed by atoms with Gasteiger partial charge in [-0.15, -0.1) is 12.4 Å². The predicted molar refractivity (Wildman–Crippen MR) is 140 cm³/mol. The van der Waals surface area contributed by atoms with Crippen molar-refractivity contribution < 1.29 is 35.9 Å². The molecule has 1 saturated heterocycles. The van der Waals surface area contributed by atoms with Crippen LogP contribution in [0, 0.1) is 0 Å². The van der Waals surface area contributed by atoms with Gasteiger partial charge in [0.2, 0.25) is 5.91 Å². The zero-order valence-corrected chi connectivity index (χ0v) is 22.1. The van der Waals surface area contributed by atoms with Crippen molar-refractivity contribution in [1.82, 2.24) is 14.8 Å². The lowest BCUT2D eigenvalue weighted by molar-refractivity contribution is -0.143. The maximum Gasteiger partial charge on any atom is 0.416 e. The number of nitrogens with zero attached hydrogens (tertiary/aromatic N) is 2. The maximum atomic E-state index is 13.5. The van der Waals surface area contributed by atoms with Crippen LogP contribution in [0.25, 0.3) is 10.9 Å². The number of unbranched alkanes of at least 4 members (excludes halogenated alkanes) is 1. The number of piperazine rings is 1. The fraction of sp³-hybridized carbons (Fsp3) is 0.407. The number of fused-ring (bicyclic) bond motifs is 1. The van der Waals surface area contributed by atoms with E-state index in [0.717, 1.165) is 16.5 Å². The number of halogens is 7. The molecule has 0 aliphatic carbocycles. The number of carbonyl (C=O) groups is 2. The van der Waals surface area contributed by atoms with E-state index in [1.165, 1.54) is 4.90 Å². The van der Waals surface area contributed by atoms with Gasteiger partial charge in [0.1, 0.15) is 0 Å². The highest BCUT2D eigenvalue weighted by Crippen LogP contribution is 2.37. The summed E-state index contributed by atoms with van der Waals surface area (Å²) in [6.07, 6.45) is -6.45. The third-order valence-corrected chi connectivity index (χ3v) is 6.94. The number of amides is 2. The second-order valence-corrected chi connectivity index (χ2v) is 9.73. The molecule has 0 unspecified atom stereocenters. The first-order chi connectivity index (χ1) is 18.3. The fourth-order valence-corrected chi connectivity index (χ4v) is 5.00. The van der Waals surface area contributed by atoms with Gasteiger partial charge < -0.3 is 15.6 Å². The van der Waals surface area contributed by atoms with Crippen LogP contribution in [0.2, 0.25) is 0 Å². The Bertz CT molecular complexity index is 1310.